The van der Waals surface area contributed by atoms with Crippen LogP contribution in [0.15, 0.2) is 42.6 Å². The summed E-state index contributed by atoms with van der Waals surface area (Å²) in [7, 11) is 1.60. The summed E-state index contributed by atoms with van der Waals surface area (Å²) in [5, 5.41) is 6.37. The number of nitrogens with one attached hydrogen (secondary N) is 2. The SMILES string of the molecule is COc1cccc(CNC(=O)c2sc(Nc3ccc(F)cn3)nc2C)c1. The Bertz CT molecular complexity index is 912. The van der Waals surface area contributed by atoms with Crippen molar-refractivity contribution in [3.8, 4) is 5.75 Å². The minimum Gasteiger partial charge on any atom is -0.497 e. The van der Waals surface area contributed by atoms with Crippen LogP contribution in [-0.4, -0.2) is 23.0 Å². The summed E-state index contributed by atoms with van der Waals surface area (Å²) < 4.78 is 18.1. The fraction of sp³-hybridized carbons (Fsp3) is 0.167. The van der Waals surface area contributed by atoms with E-state index < -0.39 is 5.82 Å². The third-order valence-corrected chi connectivity index (χ3v) is 4.62. The fourth-order valence-corrected chi connectivity index (χ4v) is 3.15. The minimum atomic E-state index is -0.413. The number of carbonyl (C=O) groups is 1. The van der Waals surface area contributed by atoms with Gasteiger partial charge in [-0.05, 0) is 36.8 Å². The van der Waals surface area contributed by atoms with E-state index in [1.807, 2.05) is 24.3 Å². The van der Waals surface area contributed by atoms with Crippen molar-refractivity contribution in [1.82, 2.24) is 15.3 Å². The maximum Gasteiger partial charge on any atom is 0.263 e. The van der Waals surface area contributed by atoms with Crippen molar-refractivity contribution < 1.29 is 13.9 Å². The van der Waals surface area contributed by atoms with E-state index in [4.69, 9.17) is 4.74 Å². The van der Waals surface area contributed by atoms with Gasteiger partial charge >= 0.3 is 0 Å². The van der Waals surface area contributed by atoms with Gasteiger partial charge in [0.05, 0.1) is 19.0 Å². The number of hydrogen-bond acceptors (Lipinski definition) is 6. The molecule has 0 spiro atoms. The second-order valence-corrected chi connectivity index (χ2v) is 6.45. The Labute approximate surface area is 154 Å². The molecule has 2 N–H and O–H groups in total. The van der Waals surface area contributed by atoms with Crippen LogP contribution in [0.4, 0.5) is 15.3 Å². The van der Waals surface area contributed by atoms with Crippen LogP contribution in [0.25, 0.3) is 0 Å². The minimum absolute atomic E-state index is 0.206. The fourth-order valence-electron chi connectivity index (χ4n) is 2.26. The number of rotatable bonds is 6. The van der Waals surface area contributed by atoms with Gasteiger partial charge < -0.3 is 15.4 Å². The van der Waals surface area contributed by atoms with Gasteiger partial charge in [0.1, 0.15) is 22.3 Å². The average molecular weight is 372 g/mol. The summed E-state index contributed by atoms with van der Waals surface area (Å²) >= 11 is 1.22. The second-order valence-electron chi connectivity index (χ2n) is 5.45. The lowest BCUT2D eigenvalue weighted by Gasteiger charge is -2.06. The first-order chi connectivity index (χ1) is 12.5. The molecule has 2 heterocycles. The number of halogens is 1. The maximum absolute atomic E-state index is 12.9. The van der Waals surface area contributed by atoms with Crippen LogP contribution in [0, 0.1) is 12.7 Å². The van der Waals surface area contributed by atoms with Crippen LogP contribution >= 0.6 is 11.3 Å². The Morgan fingerprint density at radius 3 is 2.88 bits per heavy atom. The lowest BCUT2D eigenvalue weighted by atomic mass is 10.2. The molecular weight excluding hydrogens is 355 g/mol. The van der Waals surface area contributed by atoms with Crippen LogP contribution < -0.4 is 15.4 Å². The smallest absolute Gasteiger partial charge is 0.263 e. The van der Waals surface area contributed by atoms with Gasteiger partial charge in [-0.3, -0.25) is 4.79 Å². The first kappa shape index (κ1) is 17.8. The number of methoxy groups -OCH3 is 1. The number of aryl methyl sites for hydroxylation is 1. The van der Waals surface area contributed by atoms with Gasteiger partial charge in [0.2, 0.25) is 0 Å². The van der Waals surface area contributed by atoms with E-state index in [1.54, 1.807) is 14.0 Å². The number of carbonyl (C=O) groups excluding carboxylic acids is 1. The number of pyridine rings is 1. The molecule has 3 rings (SSSR count). The number of ether oxygens (including phenoxy) is 1. The third-order valence-electron chi connectivity index (χ3n) is 3.55. The molecule has 1 aromatic carbocycles. The molecule has 26 heavy (non-hydrogen) atoms. The average Bonchev–Trinajstić information content (AvgIpc) is 3.02. The predicted octanol–water partition coefficient (Wildman–Crippen LogP) is 3.67. The molecule has 0 aliphatic rings. The Balaban J connectivity index is 1.65. The van der Waals surface area contributed by atoms with E-state index in [-0.39, 0.29) is 5.91 Å². The number of anilines is 2. The lowest BCUT2D eigenvalue weighted by molar-refractivity contribution is 0.0954. The predicted molar refractivity (Wildman–Crippen MR) is 98.5 cm³/mol. The molecule has 0 fully saturated rings. The normalized spacial score (nSPS) is 10.4. The van der Waals surface area contributed by atoms with E-state index in [9.17, 15) is 9.18 Å². The highest BCUT2D eigenvalue weighted by Gasteiger charge is 2.15. The standard InChI is InChI=1S/C18H17FN4O2S/c1-11-16(17(24)21-9-12-4-3-5-14(8-12)25-2)26-18(22-11)23-15-7-6-13(19)10-20-15/h3-8,10H,9H2,1-2H3,(H,21,24)(H,20,22,23). The zero-order valence-electron chi connectivity index (χ0n) is 14.2. The van der Waals surface area contributed by atoms with Gasteiger partial charge in [-0.1, -0.05) is 23.5 Å². The molecule has 3 aromatic rings. The van der Waals surface area contributed by atoms with Crippen molar-refractivity contribution in [2.24, 2.45) is 0 Å². The van der Waals surface area contributed by atoms with E-state index in [2.05, 4.69) is 20.6 Å². The highest BCUT2D eigenvalue weighted by atomic mass is 32.1. The van der Waals surface area contributed by atoms with Gasteiger partial charge in [0.15, 0.2) is 5.13 Å². The van der Waals surface area contributed by atoms with Crippen LogP contribution in [0.3, 0.4) is 0 Å². The van der Waals surface area contributed by atoms with Crippen molar-refractivity contribution in [1.29, 1.82) is 0 Å². The maximum atomic E-state index is 12.9. The van der Waals surface area contributed by atoms with Crippen molar-refractivity contribution in [3.63, 3.8) is 0 Å². The van der Waals surface area contributed by atoms with Gasteiger partial charge in [0, 0.05) is 6.54 Å². The summed E-state index contributed by atoms with van der Waals surface area (Å²) in [4.78, 5) is 21.2. The van der Waals surface area contributed by atoms with Gasteiger partial charge in [0.25, 0.3) is 5.91 Å². The highest BCUT2D eigenvalue weighted by Crippen LogP contribution is 2.25. The summed E-state index contributed by atoms with van der Waals surface area (Å²) in [6.45, 7) is 2.15. The Morgan fingerprint density at radius 1 is 1.31 bits per heavy atom. The van der Waals surface area contributed by atoms with Crippen molar-refractivity contribution in [2.75, 3.05) is 12.4 Å². The van der Waals surface area contributed by atoms with E-state index >= 15 is 0 Å². The Hall–Kier alpha value is -3.00. The van der Waals surface area contributed by atoms with Crippen LogP contribution in [-0.2, 0) is 6.54 Å². The largest absolute Gasteiger partial charge is 0.497 e. The second kappa shape index (κ2) is 7.92. The molecule has 0 saturated carbocycles. The van der Waals surface area contributed by atoms with Crippen molar-refractivity contribution in [3.05, 3.63) is 64.5 Å². The first-order valence-electron chi connectivity index (χ1n) is 7.82. The summed E-state index contributed by atoms with van der Waals surface area (Å²) in [5.41, 5.74) is 1.55. The van der Waals surface area contributed by atoms with Crippen LogP contribution in [0.1, 0.15) is 20.9 Å². The van der Waals surface area contributed by atoms with E-state index in [1.165, 1.54) is 23.5 Å². The molecule has 8 heteroatoms. The Morgan fingerprint density at radius 2 is 2.15 bits per heavy atom. The molecule has 1 amide bonds. The third kappa shape index (κ3) is 4.34. The van der Waals surface area contributed by atoms with Gasteiger partial charge in [-0.25, -0.2) is 14.4 Å². The summed E-state index contributed by atoms with van der Waals surface area (Å²) in [5.74, 6) is 0.582. The molecule has 0 radical (unpaired) electrons. The molecule has 0 atom stereocenters. The molecule has 0 aliphatic carbocycles. The zero-order valence-corrected chi connectivity index (χ0v) is 15.1. The molecule has 6 nitrogen and oxygen atoms in total. The molecule has 134 valence electrons. The molecule has 0 bridgehead atoms. The van der Waals surface area contributed by atoms with Crippen molar-refractivity contribution in [2.45, 2.75) is 13.5 Å². The van der Waals surface area contributed by atoms with Crippen LogP contribution in [0.2, 0.25) is 0 Å². The quantitative estimate of drug-likeness (QED) is 0.690. The molecule has 0 saturated heterocycles. The lowest BCUT2D eigenvalue weighted by Crippen LogP contribution is -2.22. The number of nitrogens with zero attached hydrogens (tertiary/aromatic N) is 2. The molecule has 0 aliphatic heterocycles. The number of thiazole rings is 1. The number of aromatic nitrogens is 2. The van der Waals surface area contributed by atoms with Gasteiger partial charge in [-0.15, -0.1) is 0 Å². The van der Waals surface area contributed by atoms with Crippen molar-refractivity contribution >= 4 is 28.2 Å². The summed E-state index contributed by atoms with van der Waals surface area (Å²) in [6.07, 6.45) is 1.12. The number of benzene rings is 1. The topological polar surface area (TPSA) is 76.1 Å². The monoisotopic (exact) mass is 372 g/mol. The van der Waals surface area contributed by atoms with Gasteiger partial charge in [-0.2, -0.15) is 0 Å². The number of hydrogen-bond donors (Lipinski definition) is 2. The molecular formula is C18H17FN4O2S. The molecule has 0 unspecified atom stereocenters. The summed E-state index contributed by atoms with van der Waals surface area (Å²) in [6, 6.07) is 10.3. The zero-order chi connectivity index (χ0) is 18.5. The van der Waals surface area contributed by atoms with Crippen LogP contribution in [0.5, 0.6) is 5.75 Å². The number of amides is 1. The Kier molecular flexibility index (Phi) is 5.43. The van der Waals surface area contributed by atoms with E-state index in [0.717, 1.165) is 17.5 Å². The highest BCUT2D eigenvalue weighted by molar-refractivity contribution is 7.17. The van der Waals surface area contributed by atoms with E-state index in [0.29, 0.717) is 28.1 Å². The molecule has 2 aromatic heterocycles. The first-order valence-corrected chi connectivity index (χ1v) is 8.64.